The number of hydrogen-bond donors (Lipinski definition) is 3. The largest absolute Gasteiger partial charge is 0.515 e. The number of aromatic hydroxyl groups is 2. The van der Waals surface area contributed by atoms with Gasteiger partial charge in [0.25, 0.3) is 0 Å². The van der Waals surface area contributed by atoms with Crippen molar-refractivity contribution in [2.45, 2.75) is 91.4 Å². The number of carbonyl (C=O) groups is 3. The van der Waals surface area contributed by atoms with Crippen LogP contribution in [0, 0.1) is 11.8 Å². The van der Waals surface area contributed by atoms with E-state index >= 15 is 0 Å². The Balaban J connectivity index is 1.97. The van der Waals surface area contributed by atoms with Gasteiger partial charge < -0.3 is 15.3 Å². The third-order valence-corrected chi connectivity index (χ3v) is 10.3. The van der Waals surface area contributed by atoms with Crippen molar-refractivity contribution in [3.05, 3.63) is 117 Å². The zero-order valence-corrected chi connectivity index (χ0v) is 29.0. The molecule has 3 aromatic rings. The Morgan fingerprint density at radius 1 is 0.702 bits per heavy atom. The van der Waals surface area contributed by atoms with E-state index in [2.05, 4.69) is 45.0 Å². The normalized spacial score (nSPS) is 17.7. The van der Waals surface area contributed by atoms with E-state index in [0.717, 1.165) is 28.5 Å². The second-order valence-electron chi connectivity index (χ2n) is 14.5. The monoisotopic (exact) mass is 636 g/mol. The van der Waals surface area contributed by atoms with E-state index in [1.165, 1.54) is 0 Å². The molecule has 0 aliphatic heterocycles. The number of aliphatic hydroxyl groups excluding tert-OH is 1. The van der Waals surface area contributed by atoms with Crippen molar-refractivity contribution in [2.75, 3.05) is 0 Å². The van der Waals surface area contributed by atoms with Crippen molar-refractivity contribution in [1.82, 2.24) is 0 Å². The Morgan fingerprint density at radius 3 is 1.62 bits per heavy atom. The average Bonchev–Trinajstić information content (AvgIpc) is 3.04. The zero-order chi connectivity index (χ0) is 35.0. The van der Waals surface area contributed by atoms with Crippen LogP contribution in [0.3, 0.4) is 0 Å². The smallest absolute Gasteiger partial charge is 0.188 e. The highest BCUT2D eigenvalue weighted by Crippen LogP contribution is 2.48. The molecule has 1 aliphatic carbocycles. The molecule has 0 radical (unpaired) electrons. The summed E-state index contributed by atoms with van der Waals surface area (Å²) in [5.41, 5.74) is 5.16. The standard InChI is InChI=1S/C41H48O6/c1-23(2)34-17-31(14-26(20-42)37(34)45)40(7,8)29-10-12-30(13-11-29)41(9,32-15-27(21-43)38(46)35(18-32)24(3)4)33-16-28(22-44)39(47)36(19-33)25(5)6/h10-15,17-25,33,44-46H,16H2,1-9H3. The first-order valence-corrected chi connectivity index (χ1v) is 16.4. The first-order valence-electron chi connectivity index (χ1n) is 16.4. The van der Waals surface area contributed by atoms with E-state index in [1.807, 2.05) is 59.8 Å². The lowest BCUT2D eigenvalue weighted by atomic mass is 9.61. The van der Waals surface area contributed by atoms with Crippen LogP contribution in [0.5, 0.6) is 11.5 Å². The summed E-state index contributed by atoms with van der Waals surface area (Å²) in [5.74, 6) is -0.544. The maximum atomic E-state index is 13.2. The fourth-order valence-corrected chi connectivity index (χ4v) is 6.88. The number of hydrogen-bond acceptors (Lipinski definition) is 6. The Morgan fingerprint density at radius 2 is 1.17 bits per heavy atom. The maximum Gasteiger partial charge on any atom is 0.188 e. The molecule has 3 aromatic carbocycles. The van der Waals surface area contributed by atoms with Gasteiger partial charge in [-0.1, -0.05) is 105 Å². The molecule has 0 heterocycles. The summed E-state index contributed by atoms with van der Waals surface area (Å²) in [6.07, 6.45) is 4.59. The van der Waals surface area contributed by atoms with Crippen molar-refractivity contribution in [1.29, 1.82) is 0 Å². The highest BCUT2D eigenvalue weighted by Gasteiger charge is 2.42. The van der Waals surface area contributed by atoms with Crippen LogP contribution >= 0.6 is 0 Å². The zero-order valence-electron chi connectivity index (χ0n) is 29.0. The molecule has 1 aliphatic rings. The molecule has 0 aromatic heterocycles. The molecule has 6 nitrogen and oxygen atoms in total. The molecule has 0 fully saturated rings. The Labute approximate surface area is 278 Å². The summed E-state index contributed by atoms with van der Waals surface area (Å²) in [6, 6.07) is 15.6. The van der Waals surface area contributed by atoms with Crippen molar-refractivity contribution < 1.29 is 29.7 Å². The number of aliphatic hydroxyl groups is 1. The van der Waals surface area contributed by atoms with Gasteiger partial charge in [-0.2, -0.15) is 0 Å². The van der Waals surface area contributed by atoms with Crippen LogP contribution in [0.4, 0.5) is 0 Å². The number of allylic oxidation sites excluding steroid dienone is 3. The molecule has 47 heavy (non-hydrogen) atoms. The lowest BCUT2D eigenvalue weighted by Gasteiger charge is -2.41. The molecule has 6 heteroatoms. The van der Waals surface area contributed by atoms with Gasteiger partial charge in [0.05, 0.1) is 17.4 Å². The van der Waals surface area contributed by atoms with E-state index in [1.54, 1.807) is 12.1 Å². The first-order chi connectivity index (χ1) is 22.0. The van der Waals surface area contributed by atoms with E-state index in [4.69, 9.17) is 0 Å². The number of aldehydes is 2. The number of carbonyl (C=O) groups excluding carboxylic acids is 3. The summed E-state index contributed by atoms with van der Waals surface area (Å²) < 4.78 is 0. The average molecular weight is 637 g/mol. The predicted molar refractivity (Wildman–Crippen MR) is 187 cm³/mol. The Kier molecular flexibility index (Phi) is 10.1. The SMILES string of the molecule is CC(C)C1=CC(C(C)(c2ccc(C(C)(C)c3cc(C=O)c(O)c(C(C)C)c3)cc2)c2cc(C=O)c(O)c(C(C)C)c2)CC(=CO)C1=O. The number of phenols is 2. The number of benzene rings is 3. The second kappa shape index (κ2) is 13.3. The Hall–Kier alpha value is -4.45. The highest BCUT2D eigenvalue weighted by molar-refractivity contribution is 6.09. The van der Waals surface area contributed by atoms with Crippen molar-refractivity contribution >= 4 is 18.4 Å². The minimum Gasteiger partial charge on any atom is -0.515 e. The second-order valence-corrected chi connectivity index (χ2v) is 14.5. The summed E-state index contributed by atoms with van der Waals surface area (Å²) in [7, 11) is 0. The molecule has 2 unspecified atom stereocenters. The Bertz CT molecular complexity index is 1750. The van der Waals surface area contributed by atoms with Gasteiger partial charge in [0.2, 0.25) is 0 Å². The van der Waals surface area contributed by atoms with Crippen molar-refractivity contribution in [3.63, 3.8) is 0 Å². The number of rotatable bonds is 10. The van der Waals surface area contributed by atoms with E-state index in [-0.39, 0.29) is 52.1 Å². The number of Topliss-reactive ketones (excluding diaryl/α,β-unsaturated/α-hetero) is 1. The molecule has 0 bridgehead atoms. The summed E-state index contributed by atoms with van der Waals surface area (Å²) in [5, 5.41) is 31.7. The molecule has 0 saturated carbocycles. The van der Waals surface area contributed by atoms with E-state index in [0.29, 0.717) is 41.3 Å². The molecule has 2 atom stereocenters. The van der Waals surface area contributed by atoms with Crippen LogP contribution in [0.2, 0.25) is 0 Å². The van der Waals surface area contributed by atoms with Crippen molar-refractivity contribution in [2.24, 2.45) is 11.8 Å². The van der Waals surface area contributed by atoms with Crippen molar-refractivity contribution in [3.8, 4) is 11.5 Å². The van der Waals surface area contributed by atoms with E-state index < -0.39 is 10.8 Å². The predicted octanol–water partition coefficient (Wildman–Crippen LogP) is 9.21. The molecule has 4 rings (SSSR count). The molecule has 248 valence electrons. The fraction of sp³-hybridized carbons (Fsp3) is 0.390. The van der Waals surface area contributed by atoms with Gasteiger partial charge in [0.1, 0.15) is 11.5 Å². The van der Waals surface area contributed by atoms with Gasteiger partial charge in [-0.3, -0.25) is 14.4 Å². The molecule has 0 saturated heterocycles. The lowest BCUT2D eigenvalue weighted by Crippen LogP contribution is -2.37. The van der Waals surface area contributed by atoms with Gasteiger partial charge in [0.15, 0.2) is 18.4 Å². The van der Waals surface area contributed by atoms with Crippen LogP contribution in [0.1, 0.15) is 135 Å². The van der Waals surface area contributed by atoms with Gasteiger partial charge in [-0.05, 0) is 81.2 Å². The number of ketones is 1. The molecule has 0 spiro atoms. The van der Waals surface area contributed by atoms with Gasteiger partial charge in [0, 0.05) is 16.4 Å². The van der Waals surface area contributed by atoms with Crippen LogP contribution < -0.4 is 0 Å². The van der Waals surface area contributed by atoms with Crippen LogP contribution in [0.15, 0.2) is 72.0 Å². The lowest BCUT2D eigenvalue weighted by molar-refractivity contribution is -0.113. The first kappa shape index (κ1) is 35.4. The third-order valence-electron chi connectivity index (χ3n) is 10.3. The quantitative estimate of drug-likeness (QED) is 0.116. The van der Waals surface area contributed by atoms with Crippen LogP contribution in [-0.2, 0) is 15.6 Å². The van der Waals surface area contributed by atoms with Gasteiger partial charge >= 0.3 is 0 Å². The maximum absolute atomic E-state index is 13.2. The van der Waals surface area contributed by atoms with Crippen LogP contribution in [0.25, 0.3) is 0 Å². The topological polar surface area (TPSA) is 112 Å². The summed E-state index contributed by atoms with van der Waals surface area (Å²) in [4.78, 5) is 37.3. The fourth-order valence-electron chi connectivity index (χ4n) is 6.88. The highest BCUT2D eigenvalue weighted by atomic mass is 16.3. The van der Waals surface area contributed by atoms with Crippen LogP contribution in [-0.4, -0.2) is 33.7 Å². The molecule has 0 amide bonds. The third kappa shape index (κ3) is 6.30. The molecular weight excluding hydrogens is 588 g/mol. The van der Waals surface area contributed by atoms with E-state index in [9.17, 15) is 29.7 Å². The summed E-state index contributed by atoms with van der Waals surface area (Å²) >= 11 is 0. The minimum atomic E-state index is -0.777. The molecule has 3 N–H and O–H groups in total. The summed E-state index contributed by atoms with van der Waals surface area (Å²) in [6.45, 7) is 18.1. The minimum absolute atomic E-state index is 0.0149. The molecular formula is C41H48O6. The van der Waals surface area contributed by atoms with Gasteiger partial charge in [-0.25, -0.2) is 0 Å². The van der Waals surface area contributed by atoms with Gasteiger partial charge in [-0.15, -0.1) is 0 Å². The number of phenolic OH excluding ortho intramolecular Hbond substituents is 2.